The zero-order valence-electron chi connectivity index (χ0n) is 15.5. The van der Waals surface area contributed by atoms with Gasteiger partial charge in [-0.15, -0.1) is 0 Å². The highest BCUT2D eigenvalue weighted by Crippen LogP contribution is 2.24. The minimum atomic E-state index is -1.88. The molecule has 0 radical (unpaired) electrons. The summed E-state index contributed by atoms with van der Waals surface area (Å²) in [5, 5.41) is 86.2. The third kappa shape index (κ3) is 5.42. The van der Waals surface area contributed by atoms with Crippen LogP contribution in [0.5, 0.6) is 0 Å². The van der Waals surface area contributed by atoms with Gasteiger partial charge >= 0.3 is 11.9 Å². The molecule has 0 aromatic rings. The van der Waals surface area contributed by atoms with Gasteiger partial charge in [0.1, 0.15) is 61.5 Å². The molecule has 1 aliphatic heterocycles. The van der Waals surface area contributed by atoms with Gasteiger partial charge in [-0.2, -0.15) is 0 Å². The molecule has 14 heteroatoms. The normalized spacial score (nSPS) is 44.4. The van der Waals surface area contributed by atoms with Crippen molar-refractivity contribution in [2.75, 3.05) is 6.61 Å². The molecule has 30 heavy (non-hydrogen) atoms. The second kappa shape index (κ2) is 10.2. The summed E-state index contributed by atoms with van der Waals surface area (Å²) in [6, 6.07) is 0. The molecule has 0 spiro atoms. The van der Waals surface area contributed by atoms with Crippen molar-refractivity contribution in [3.05, 3.63) is 0 Å². The number of hydrogen-bond acceptors (Lipinski definition) is 14. The molecule has 174 valence electrons. The van der Waals surface area contributed by atoms with Gasteiger partial charge in [0.25, 0.3) is 0 Å². The average Bonchev–Trinajstić information content (AvgIpc) is 2.72. The van der Waals surface area contributed by atoms with Crippen molar-refractivity contribution >= 4 is 11.9 Å². The van der Waals surface area contributed by atoms with E-state index in [0.717, 1.165) is 0 Å². The van der Waals surface area contributed by atoms with Crippen LogP contribution in [0.3, 0.4) is 0 Å². The van der Waals surface area contributed by atoms with E-state index in [2.05, 4.69) is 0 Å². The summed E-state index contributed by atoms with van der Waals surface area (Å²) < 4.78 is 14.4. The number of rotatable bonds is 6. The maximum absolute atomic E-state index is 11.8. The second-order valence-corrected chi connectivity index (χ2v) is 7.13. The molecule has 1 saturated heterocycles. The third-order valence-corrected chi connectivity index (χ3v) is 4.97. The lowest BCUT2D eigenvalue weighted by Gasteiger charge is -2.41. The van der Waals surface area contributed by atoms with Crippen LogP contribution < -0.4 is 0 Å². The summed E-state index contributed by atoms with van der Waals surface area (Å²) in [5.41, 5.74) is 0. The Morgan fingerprint density at radius 1 is 0.633 bits per heavy atom. The van der Waals surface area contributed by atoms with E-state index < -0.39 is 98.7 Å². The number of carbonyl (C=O) groups excluding carboxylic acids is 2. The summed E-state index contributed by atoms with van der Waals surface area (Å²) in [4.78, 5) is 23.6. The molecule has 0 aromatic carbocycles. The van der Waals surface area contributed by atoms with Crippen LogP contribution in [0.25, 0.3) is 0 Å². The van der Waals surface area contributed by atoms with Crippen LogP contribution >= 0.6 is 0 Å². The van der Waals surface area contributed by atoms with E-state index in [9.17, 15) is 55.5 Å². The van der Waals surface area contributed by atoms with E-state index in [1.807, 2.05) is 0 Å². The topological polar surface area (TPSA) is 244 Å². The van der Waals surface area contributed by atoms with E-state index in [-0.39, 0.29) is 0 Å². The summed E-state index contributed by atoms with van der Waals surface area (Å²) >= 11 is 0. The summed E-state index contributed by atoms with van der Waals surface area (Å²) in [7, 11) is 0. The number of aliphatic hydroxyl groups is 9. The molecule has 0 bridgehead atoms. The minimum Gasteiger partial charge on any atom is -0.463 e. The molecule has 2 aliphatic rings. The highest BCUT2D eigenvalue weighted by molar-refractivity contribution is 5.77. The van der Waals surface area contributed by atoms with E-state index >= 15 is 0 Å². The van der Waals surface area contributed by atoms with E-state index in [1.54, 1.807) is 0 Å². The highest BCUT2D eigenvalue weighted by atomic mass is 16.7. The molecule has 9 N–H and O–H groups in total. The maximum atomic E-state index is 11.8. The van der Waals surface area contributed by atoms with Crippen molar-refractivity contribution in [3.63, 3.8) is 0 Å². The Morgan fingerprint density at radius 3 is 1.67 bits per heavy atom. The van der Waals surface area contributed by atoms with Crippen LogP contribution in [0.2, 0.25) is 0 Å². The second-order valence-electron chi connectivity index (χ2n) is 7.13. The molecular formula is C16H26O14. The Balaban J connectivity index is 1.77. The van der Waals surface area contributed by atoms with Crippen molar-refractivity contribution < 1.29 is 69.8 Å². The Hall–Kier alpha value is -1.46. The molecule has 1 saturated carbocycles. The molecule has 0 amide bonds. The quantitative estimate of drug-likeness (QED) is 0.174. The maximum Gasteiger partial charge on any atom is 0.306 e. The minimum absolute atomic E-state index is 0.540. The van der Waals surface area contributed by atoms with Crippen LogP contribution in [0.15, 0.2) is 0 Å². The first-order valence-electron chi connectivity index (χ1n) is 9.08. The molecule has 0 aromatic heterocycles. The van der Waals surface area contributed by atoms with Crippen LogP contribution in [0, 0.1) is 0 Å². The Morgan fingerprint density at radius 2 is 1.10 bits per heavy atom. The van der Waals surface area contributed by atoms with Crippen molar-refractivity contribution in [1.82, 2.24) is 0 Å². The van der Waals surface area contributed by atoms with Gasteiger partial charge in [-0.3, -0.25) is 9.59 Å². The Labute approximate surface area is 169 Å². The van der Waals surface area contributed by atoms with Crippen molar-refractivity contribution in [2.24, 2.45) is 0 Å². The molecule has 2 fully saturated rings. The van der Waals surface area contributed by atoms with Crippen LogP contribution in [0.1, 0.15) is 12.8 Å². The van der Waals surface area contributed by atoms with Gasteiger partial charge in [0.05, 0.1) is 12.8 Å². The number of ether oxygens (including phenoxy) is 3. The van der Waals surface area contributed by atoms with E-state index in [0.29, 0.717) is 0 Å². The number of carbonyl (C=O) groups is 2. The zero-order valence-corrected chi connectivity index (χ0v) is 15.5. The van der Waals surface area contributed by atoms with Crippen LogP contribution in [-0.4, -0.2) is 132 Å². The van der Waals surface area contributed by atoms with E-state index in [4.69, 9.17) is 14.2 Å². The molecule has 9 atom stereocenters. The zero-order chi connectivity index (χ0) is 22.7. The summed E-state index contributed by atoms with van der Waals surface area (Å²) in [5.74, 6) is -2.05. The molecule has 2 rings (SSSR count). The first-order chi connectivity index (χ1) is 14.0. The fourth-order valence-electron chi connectivity index (χ4n) is 3.07. The number of aliphatic hydroxyl groups excluding tert-OH is 9. The third-order valence-electron chi connectivity index (χ3n) is 4.97. The van der Waals surface area contributed by atoms with Gasteiger partial charge < -0.3 is 60.2 Å². The first kappa shape index (κ1) is 24.8. The van der Waals surface area contributed by atoms with Gasteiger partial charge in [-0.05, 0) is 0 Å². The van der Waals surface area contributed by atoms with Crippen molar-refractivity contribution in [3.8, 4) is 0 Å². The lowest BCUT2D eigenvalue weighted by Crippen LogP contribution is -2.64. The SMILES string of the molecule is O=C(CCC(=O)OC1C(O)C(O)C(O)C(O)C1O)OCC1O[C@@H](O)C(O)C(O)[C@@H]1O. The first-order valence-corrected chi connectivity index (χ1v) is 9.08. The molecular weight excluding hydrogens is 416 g/mol. The monoisotopic (exact) mass is 442 g/mol. The van der Waals surface area contributed by atoms with E-state index in [1.165, 1.54) is 0 Å². The van der Waals surface area contributed by atoms with Crippen molar-refractivity contribution in [1.29, 1.82) is 0 Å². The molecule has 1 heterocycles. The van der Waals surface area contributed by atoms with Gasteiger partial charge in [0.2, 0.25) is 0 Å². The lowest BCUT2D eigenvalue weighted by molar-refractivity contribution is -0.287. The fourth-order valence-corrected chi connectivity index (χ4v) is 3.07. The molecule has 1 aliphatic carbocycles. The summed E-state index contributed by atoms with van der Waals surface area (Å²) in [6.07, 6.45) is -20.5. The molecule has 7 unspecified atom stereocenters. The van der Waals surface area contributed by atoms with Gasteiger partial charge in [-0.25, -0.2) is 0 Å². The standard InChI is InChI=1S/C16H26O14/c17-5(28-3-4-7(19)8(20)14(26)16(27)29-4)1-2-6(18)30-15-12(24)10(22)9(21)11(23)13(15)25/h4,7-16,19-27H,1-3H2/t4?,7-,8?,9?,10?,11?,12?,13?,14?,15?,16-/m1/s1. The predicted octanol–water partition coefficient (Wildman–Crippen LogP) is -6.16. The Kier molecular flexibility index (Phi) is 8.46. The predicted molar refractivity (Wildman–Crippen MR) is 89.0 cm³/mol. The highest BCUT2D eigenvalue weighted by Gasteiger charge is 2.50. The number of esters is 2. The fraction of sp³-hybridized carbons (Fsp3) is 0.875. The smallest absolute Gasteiger partial charge is 0.306 e. The summed E-state index contributed by atoms with van der Waals surface area (Å²) in [6.45, 7) is -0.605. The van der Waals surface area contributed by atoms with Gasteiger partial charge in [-0.1, -0.05) is 0 Å². The van der Waals surface area contributed by atoms with Crippen LogP contribution in [0.4, 0.5) is 0 Å². The van der Waals surface area contributed by atoms with Crippen LogP contribution in [-0.2, 0) is 23.8 Å². The Bertz CT molecular complexity index is 584. The van der Waals surface area contributed by atoms with Gasteiger partial charge in [0.15, 0.2) is 12.4 Å². The van der Waals surface area contributed by atoms with Crippen molar-refractivity contribution in [2.45, 2.75) is 80.2 Å². The number of hydrogen-bond donors (Lipinski definition) is 9. The largest absolute Gasteiger partial charge is 0.463 e. The lowest BCUT2D eigenvalue weighted by atomic mass is 9.85. The molecule has 14 nitrogen and oxygen atoms in total. The average molecular weight is 442 g/mol. The van der Waals surface area contributed by atoms with Gasteiger partial charge in [0, 0.05) is 0 Å².